The third-order valence-electron chi connectivity index (χ3n) is 3.97. The second kappa shape index (κ2) is 7.68. The molecule has 0 aliphatic heterocycles. The van der Waals surface area contributed by atoms with Crippen molar-refractivity contribution in [2.45, 2.75) is 39.7 Å². The van der Waals surface area contributed by atoms with Gasteiger partial charge in [0.15, 0.2) is 5.78 Å². The van der Waals surface area contributed by atoms with E-state index in [4.69, 9.17) is 0 Å². The number of carbonyl (C=O) groups is 2. The predicted octanol–water partition coefficient (Wildman–Crippen LogP) is 3.54. The van der Waals surface area contributed by atoms with Crippen molar-refractivity contribution in [1.82, 2.24) is 10.3 Å². The van der Waals surface area contributed by atoms with Crippen LogP contribution in [0.25, 0.3) is 0 Å². The Labute approximate surface area is 137 Å². The molecule has 23 heavy (non-hydrogen) atoms. The second-order valence-corrected chi connectivity index (χ2v) is 5.80. The van der Waals surface area contributed by atoms with E-state index < -0.39 is 0 Å². The van der Waals surface area contributed by atoms with E-state index in [1.165, 1.54) is 0 Å². The van der Waals surface area contributed by atoms with Crippen LogP contribution in [0.2, 0.25) is 0 Å². The summed E-state index contributed by atoms with van der Waals surface area (Å²) >= 11 is 0. The average Bonchev–Trinajstić information content (AvgIpc) is 2.56. The minimum absolute atomic E-state index is 0.00252. The minimum atomic E-state index is -0.126. The summed E-state index contributed by atoms with van der Waals surface area (Å²) in [5, 5.41) is 2.89. The van der Waals surface area contributed by atoms with Crippen LogP contribution >= 0.6 is 0 Å². The van der Waals surface area contributed by atoms with Gasteiger partial charge in [0.1, 0.15) is 0 Å². The zero-order valence-corrected chi connectivity index (χ0v) is 13.8. The van der Waals surface area contributed by atoms with Gasteiger partial charge in [0.25, 0.3) is 0 Å². The van der Waals surface area contributed by atoms with Crippen LogP contribution in [0.4, 0.5) is 0 Å². The summed E-state index contributed by atoms with van der Waals surface area (Å²) in [4.78, 5) is 28.2. The van der Waals surface area contributed by atoms with Crippen molar-refractivity contribution >= 4 is 11.7 Å². The number of nitrogens with one attached hydrogen (secondary N) is 1. The standard InChI is InChI=1S/C19H22N2O2/c1-13-6-7-16(11-14(13)2)18(22)8-9-19(23)21-15(3)17-5-4-10-20-12-17/h4-7,10-12,15H,8-9H2,1-3H3,(H,21,23). The number of Topliss-reactive ketones (excluding diaryl/α,β-unsaturated/α-hetero) is 1. The van der Waals surface area contributed by atoms with Crippen molar-refractivity contribution in [3.05, 3.63) is 65.0 Å². The quantitative estimate of drug-likeness (QED) is 0.830. The summed E-state index contributed by atoms with van der Waals surface area (Å²) in [7, 11) is 0. The van der Waals surface area contributed by atoms with Crippen LogP contribution in [-0.4, -0.2) is 16.7 Å². The molecule has 0 saturated heterocycles. The van der Waals surface area contributed by atoms with Crippen molar-refractivity contribution in [3.8, 4) is 0 Å². The average molecular weight is 310 g/mol. The number of ketones is 1. The van der Waals surface area contributed by atoms with Gasteiger partial charge in [0.05, 0.1) is 6.04 Å². The molecule has 1 amide bonds. The highest BCUT2D eigenvalue weighted by Gasteiger charge is 2.13. The molecule has 0 aliphatic rings. The molecule has 1 aromatic carbocycles. The van der Waals surface area contributed by atoms with E-state index in [9.17, 15) is 9.59 Å². The number of hydrogen-bond donors (Lipinski definition) is 1. The number of pyridine rings is 1. The molecule has 0 bridgehead atoms. The van der Waals surface area contributed by atoms with Gasteiger partial charge < -0.3 is 5.32 Å². The fourth-order valence-electron chi connectivity index (χ4n) is 2.32. The van der Waals surface area contributed by atoms with Gasteiger partial charge in [-0.15, -0.1) is 0 Å². The molecule has 0 aliphatic carbocycles. The molecule has 0 saturated carbocycles. The highest BCUT2D eigenvalue weighted by Crippen LogP contribution is 2.13. The molecule has 120 valence electrons. The van der Waals surface area contributed by atoms with Crippen molar-refractivity contribution in [3.63, 3.8) is 0 Å². The molecule has 1 aromatic heterocycles. The largest absolute Gasteiger partial charge is 0.350 e. The SMILES string of the molecule is Cc1ccc(C(=O)CCC(=O)NC(C)c2cccnc2)cc1C. The molecule has 1 heterocycles. The lowest BCUT2D eigenvalue weighted by Crippen LogP contribution is -2.27. The molecule has 0 fully saturated rings. The minimum Gasteiger partial charge on any atom is -0.350 e. The number of benzene rings is 1. The van der Waals surface area contributed by atoms with Crippen LogP contribution in [0.15, 0.2) is 42.7 Å². The summed E-state index contributed by atoms with van der Waals surface area (Å²) in [6.45, 7) is 5.89. The molecule has 2 aromatic rings. The smallest absolute Gasteiger partial charge is 0.220 e. The first-order valence-corrected chi connectivity index (χ1v) is 7.77. The van der Waals surface area contributed by atoms with Gasteiger partial charge in [-0.05, 0) is 49.6 Å². The van der Waals surface area contributed by atoms with Crippen molar-refractivity contribution < 1.29 is 9.59 Å². The summed E-state index contributed by atoms with van der Waals surface area (Å²) in [6, 6.07) is 9.27. The van der Waals surface area contributed by atoms with E-state index >= 15 is 0 Å². The first-order valence-electron chi connectivity index (χ1n) is 7.77. The highest BCUT2D eigenvalue weighted by atomic mass is 16.2. The van der Waals surface area contributed by atoms with Gasteiger partial charge >= 0.3 is 0 Å². The van der Waals surface area contributed by atoms with Crippen LogP contribution < -0.4 is 5.32 Å². The van der Waals surface area contributed by atoms with Gasteiger partial charge in [-0.1, -0.05) is 18.2 Å². The summed E-state index contributed by atoms with van der Waals surface area (Å²) in [6.07, 6.45) is 3.83. The number of hydrogen-bond acceptors (Lipinski definition) is 3. The number of aromatic nitrogens is 1. The maximum absolute atomic E-state index is 12.2. The second-order valence-electron chi connectivity index (χ2n) is 5.80. The maximum atomic E-state index is 12.2. The Balaban J connectivity index is 1.86. The zero-order valence-electron chi connectivity index (χ0n) is 13.8. The molecule has 4 nitrogen and oxygen atoms in total. The topological polar surface area (TPSA) is 59.1 Å². The Morgan fingerprint density at radius 1 is 1.13 bits per heavy atom. The lowest BCUT2D eigenvalue weighted by molar-refractivity contribution is -0.121. The van der Waals surface area contributed by atoms with E-state index in [-0.39, 0.29) is 30.6 Å². The van der Waals surface area contributed by atoms with Crippen LogP contribution in [0.3, 0.4) is 0 Å². The third kappa shape index (κ3) is 4.74. The fourth-order valence-corrected chi connectivity index (χ4v) is 2.32. The normalized spacial score (nSPS) is 11.8. The van der Waals surface area contributed by atoms with E-state index in [2.05, 4.69) is 10.3 Å². The van der Waals surface area contributed by atoms with Crippen molar-refractivity contribution in [1.29, 1.82) is 0 Å². The first kappa shape index (κ1) is 16.9. The first-order chi connectivity index (χ1) is 11.0. The van der Waals surface area contributed by atoms with Crippen LogP contribution in [0.1, 0.15) is 52.9 Å². The molecule has 1 N–H and O–H groups in total. The molecule has 1 unspecified atom stereocenters. The Morgan fingerprint density at radius 2 is 1.91 bits per heavy atom. The van der Waals surface area contributed by atoms with Crippen molar-refractivity contribution in [2.75, 3.05) is 0 Å². The monoisotopic (exact) mass is 310 g/mol. The van der Waals surface area contributed by atoms with Crippen LogP contribution in [0.5, 0.6) is 0 Å². The summed E-state index contributed by atoms with van der Waals surface area (Å²) in [5.74, 6) is -0.129. The summed E-state index contributed by atoms with van der Waals surface area (Å²) in [5.41, 5.74) is 3.86. The van der Waals surface area contributed by atoms with Gasteiger partial charge in [-0.25, -0.2) is 0 Å². The van der Waals surface area contributed by atoms with E-state index in [1.807, 2.05) is 51.1 Å². The van der Waals surface area contributed by atoms with E-state index in [1.54, 1.807) is 12.4 Å². The van der Waals surface area contributed by atoms with Crippen LogP contribution in [0, 0.1) is 13.8 Å². The maximum Gasteiger partial charge on any atom is 0.220 e. The Morgan fingerprint density at radius 3 is 2.57 bits per heavy atom. The molecule has 1 atom stereocenters. The van der Waals surface area contributed by atoms with Gasteiger partial charge in [-0.2, -0.15) is 0 Å². The molecule has 0 spiro atoms. The molecule has 4 heteroatoms. The Hall–Kier alpha value is -2.49. The summed E-state index contributed by atoms with van der Waals surface area (Å²) < 4.78 is 0. The number of nitrogens with zero attached hydrogens (tertiary/aromatic N) is 1. The molecular weight excluding hydrogens is 288 g/mol. The van der Waals surface area contributed by atoms with Crippen LogP contribution in [-0.2, 0) is 4.79 Å². The number of carbonyl (C=O) groups excluding carboxylic acids is 2. The lowest BCUT2D eigenvalue weighted by atomic mass is 10.0. The van der Waals surface area contributed by atoms with E-state index in [0.29, 0.717) is 5.56 Å². The van der Waals surface area contributed by atoms with E-state index in [0.717, 1.165) is 16.7 Å². The predicted molar refractivity (Wildman–Crippen MR) is 90.3 cm³/mol. The van der Waals surface area contributed by atoms with Gasteiger partial charge in [0.2, 0.25) is 5.91 Å². The number of aryl methyl sites for hydroxylation is 2. The number of rotatable bonds is 6. The number of amides is 1. The fraction of sp³-hybridized carbons (Fsp3) is 0.316. The molecule has 2 rings (SSSR count). The zero-order chi connectivity index (χ0) is 16.8. The lowest BCUT2D eigenvalue weighted by Gasteiger charge is -2.13. The highest BCUT2D eigenvalue weighted by molar-refractivity contribution is 5.98. The van der Waals surface area contributed by atoms with Crippen molar-refractivity contribution in [2.24, 2.45) is 0 Å². The molecule has 0 radical (unpaired) electrons. The Bertz CT molecular complexity index is 696. The van der Waals surface area contributed by atoms with Gasteiger partial charge in [0, 0.05) is 30.8 Å². The van der Waals surface area contributed by atoms with Gasteiger partial charge in [-0.3, -0.25) is 14.6 Å². The molecular formula is C19H22N2O2. The Kier molecular flexibility index (Phi) is 5.63. The third-order valence-corrected chi connectivity index (χ3v) is 3.97.